The maximum absolute atomic E-state index is 10.7. The van der Waals surface area contributed by atoms with Gasteiger partial charge in [-0.25, -0.2) is 0 Å². The summed E-state index contributed by atoms with van der Waals surface area (Å²) in [6.07, 6.45) is -0.878. The van der Waals surface area contributed by atoms with Crippen LogP contribution in [0.4, 0.5) is 0 Å². The molecule has 1 atom stereocenters. The normalized spacial score (nSPS) is 12.3. The first-order chi connectivity index (χ1) is 9.45. The molecule has 1 unspecified atom stereocenters. The number of hydrogen-bond donors (Lipinski definition) is 1. The standard InChI is InChI=1S/C16H16Cl2O2/c1-9-7-10(2)14(13(8-9)20-3)16(19)11-5-4-6-12(17)15(11)18/h4-8,16,19H,1-3H3. The predicted molar refractivity (Wildman–Crippen MR) is 83.0 cm³/mol. The molecule has 1 N–H and O–H groups in total. The Bertz CT molecular complexity index is 639. The van der Waals surface area contributed by atoms with Crippen LogP contribution in [0.25, 0.3) is 0 Å². The SMILES string of the molecule is COc1cc(C)cc(C)c1C(O)c1cccc(Cl)c1Cl. The molecule has 4 heteroatoms. The van der Waals surface area contributed by atoms with Gasteiger partial charge in [-0.3, -0.25) is 0 Å². The second-order valence-corrected chi connectivity index (χ2v) is 5.53. The Balaban J connectivity index is 2.59. The van der Waals surface area contributed by atoms with E-state index in [9.17, 15) is 5.11 Å². The van der Waals surface area contributed by atoms with Gasteiger partial charge >= 0.3 is 0 Å². The molecule has 0 bridgehead atoms. The number of hydrogen-bond acceptors (Lipinski definition) is 2. The van der Waals surface area contributed by atoms with Crippen LogP contribution in [-0.4, -0.2) is 12.2 Å². The molecular formula is C16H16Cl2O2. The van der Waals surface area contributed by atoms with Gasteiger partial charge in [0, 0.05) is 11.1 Å². The monoisotopic (exact) mass is 310 g/mol. The molecule has 0 radical (unpaired) electrons. The number of aliphatic hydroxyl groups is 1. The number of rotatable bonds is 3. The van der Waals surface area contributed by atoms with Crippen LogP contribution in [0, 0.1) is 13.8 Å². The summed E-state index contributed by atoms with van der Waals surface area (Å²) in [7, 11) is 1.59. The average Bonchev–Trinajstić information content (AvgIpc) is 2.40. The van der Waals surface area contributed by atoms with Gasteiger partial charge < -0.3 is 9.84 Å². The quantitative estimate of drug-likeness (QED) is 0.890. The molecule has 0 amide bonds. The summed E-state index contributed by atoms with van der Waals surface area (Å²) in [5, 5.41) is 11.4. The molecule has 0 spiro atoms. The minimum atomic E-state index is -0.878. The van der Waals surface area contributed by atoms with Gasteiger partial charge in [0.1, 0.15) is 11.9 Å². The van der Waals surface area contributed by atoms with Gasteiger partial charge in [-0.15, -0.1) is 0 Å². The highest BCUT2D eigenvalue weighted by atomic mass is 35.5. The Morgan fingerprint density at radius 3 is 2.50 bits per heavy atom. The van der Waals surface area contributed by atoms with E-state index in [4.69, 9.17) is 27.9 Å². The third-order valence-electron chi connectivity index (χ3n) is 3.26. The fourth-order valence-corrected chi connectivity index (χ4v) is 2.76. The molecule has 0 aliphatic carbocycles. The summed E-state index contributed by atoms with van der Waals surface area (Å²) >= 11 is 12.2. The lowest BCUT2D eigenvalue weighted by atomic mass is 9.95. The van der Waals surface area contributed by atoms with Crippen molar-refractivity contribution in [1.82, 2.24) is 0 Å². The number of methoxy groups -OCH3 is 1. The van der Waals surface area contributed by atoms with E-state index in [1.54, 1.807) is 25.3 Å². The van der Waals surface area contributed by atoms with Crippen molar-refractivity contribution in [2.24, 2.45) is 0 Å². The van der Waals surface area contributed by atoms with E-state index in [1.165, 1.54) is 0 Å². The maximum atomic E-state index is 10.7. The van der Waals surface area contributed by atoms with Gasteiger partial charge in [0.25, 0.3) is 0 Å². The lowest BCUT2D eigenvalue weighted by Gasteiger charge is -2.19. The summed E-state index contributed by atoms with van der Waals surface area (Å²) in [6.45, 7) is 3.92. The van der Waals surface area contributed by atoms with Gasteiger partial charge in [-0.05, 0) is 37.1 Å². The molecule has 2 aromatic rings. The van der Waals surface area contributed by atoms with Crippen molar-refractivity contribution in [3.8, 4) is 5.75 Å². The van der Waals surface area contributed by atoms with Crippen molar-refractivity contribution in [1.29, 1.82) is 0 Å². The molecule has 0 saturated heterocycles. The van der Waals surface area contributed by atoms with E-state index in [-0.39, 0.29) is 0 Å². The summed E-state index contributed by atoms with van der Waals surface area (Å²) in [5.41, 5.74) is 3.31. The highest BCUT2D eigenvalue weighted by Crippen LogP contribution is 2.38. The van der Waals surface area contributed by atoms with Crippen molar-refractivity contribution < 1.29 is 9.84 Å². The van der Waals surface area contributed by atoms with E-state index in [1.807, 2.05) is 26.0 Å². The van der Waals surface area contributed by atoms with Crippen LogP contribution in [0.3, 0.4) is 0 Å². The largest absolute Gasteiger partial charge is 0.496 e. The molecule has 2 rings (SSSR count). The Hall–Kier alpha value is -1.22. The van der Waals surface area contributed by atoms with E-state index in [0.717, 1.165) is 11.1 Å². The lowest BCUT2D eigenvalue weighted by molar-refractivity contribution is 0.214. The second-order valence-electron chi connectivity index (χ2n) is 4.74. The second kappa shape index (κ2) is 6.04. The molecule has 2 aromatic carbocycles. The summed E-state index contributed by atoms with van der Waals surface area (Å²) in [6, 6.07) is 9.11. The fraction of sp³-hybridized carbons (Fsp3) is 0.250. The zero-order chi connectivity index (χ0) is 14.9. The summed E-state index contributed by atoms with van der Waals surface area (Å²) in [5.74, 6) is 0.644. The third-order valence-corrected chi connectivity index (χ3v) is 4.10. The lowest BCUT2D eigenvalue weighted by Crippen LogP contribution is -2.06. The fourth-order valence-electron chi connectivity index (χ4n) is 2.35. The Morgan fingerprint density at radius 1 is 1.15 bits per heavy atom. The number of ether oxygens (including phenoxy) is 1. The van der Waals surface area contributed by atoms with Gasteiger partial charge in [0.2, 0.25) is 0 Å². The smallest absolute Gasteiger partial charge is 0.125 e. The number of halogens is 2. The molecule has 0 aromatic heterocycles. The maximum Gasteiger partial charge on any atom is 0.125 e. The first-order valence-electron chi connectivity index (χ1n) is 6.22. The van der Waals surface area contributed by atoms with Crippen LogP contribution in [0.1, 0.15) is 28.4 Å². The Morgan fingerprint density at radius 2 is 1.85 bits per heavy atom. The van der Waals surface area contributed by atoms with Gasteiger partial charge in [-0.2, -0.15) is 0 Å². The van der Waals surface area contributed by atoms with Crippen molar-refractivity contribution >= 4 is 23.2 Å². The Kier molecular flexibility index (Phi) is 4.59. The molecule has 0 aliphatic heterocycles. The van der Waals surface area contributed by atoms with Gasteiger partial charge in [0.15, 0.2) is 0 Å². The highest BCUT2D eigenvalue weighted by Gasteiger charge is 2.21. The molecule has 0 fully saturated rings. The van der Waals surface area contributed by atoms with E-state index in [2.05, 4.69) is 0 Å². The first-order valence-corrected chi connectivity index (χ1v) is 6.98. The third kappa shape index (κ3) is 2.78. The molecule has 0 heterocycles. The Labute approximate surface area is 128 Å². The minimum absolute atomic E-state index is 0.365. The summed E-state index contributed by atoms with van der Waals surface area (Å²) in [4.78, 5) is 0. The number of aliphatic hydroxyl groups excluding tert-OH is 1. The average molecular weight is 311 g/mol. The molecular weight excluding hydrogens is 295 g/mol. The van der Waals surface area contributed by atoms with Crippen LogP contribution >= 0.6 is 23.2 Å². The predicted octanol–water partition coefficient (Wildman–Crippen LogP) is 4.70. The number of benzene rings is 2. The topological polar surface area (TPSA) is 29.5 Å². The minimum Gasteiger partial charge on any atom is -0.496 e. The van der Waals surface area contributed by atoms with E-state index < -0.39 is 6.10 Å². The van der Waals surface area contributed by atoms with Crippen molar-refractivity contribution in [3.05, 3.63) is 62.6 Å². The molecule has 2 nitrogen and oxygen atoms in total. The van der Waals surface area contributed by atoms with Crippen molar-refractivity contribution in [3.63, 3.8) is 0 Å². The van der Waals surface area contributed by atoms with Crippen LogP contribution < -0.4 is 4.74 Å². The first kappa shape index (κ1) is 15.2. The van der Waals surface area contributed by atoms with E-state index in [0.29, 0.717) is 26.9 Å². The van der Waals surface area contributed by atoms with Crippen LogP contribution in [0.15, 0.2) is 30.3 Å². The van der Waals surface area contributed by atoms with E-state index >= 15 is 0 Å². The van der Waals surface area contributed by atoms with Crippen LogP contribution in [-0.2, 0) is 0 Å². The van der Waals surface area contributed by atoms with Crippen LogP contribution in [0.5, 0.6) is 5.75 Å². The van der Waals surface area contributed by atoms with Crippen LogP contribution in [0.2, 0.25) is 10.0 Å². The van der Waals surface area contributed by atoms with Gasteiger partial charge in [0.05, 0.1) is 17.2 Å². The molecule has 106 valence electrons. The van der Waals surface area contributed by atoms with Crippen molar-refractivity contribution in [2.75, 3.05) is 7.11 Å². The zero-order valence-electron chi connectivity index (χ0n) is 11.6. The number of aryl methyl sites for hydroxylation is 2. The molecule has 0 aliphatic rings. The summed E-state index contributed by atoms with van der Waals surface area (Å²) < 4.78 is 5.38. The molecule has 20 heavy (non-hydrogen) atoms. The highest BCUT2D eigenvalue weighted by molar-refractivity contribution is 6.42. The zero-order valence-corrected chi connectivity index (χ0v) is 13.1. The molecule has 0 saturated carbocycles. The van der Waals surface area contributed by atoms with Gasteiger partial charge in [-0.1, -0.05) is 41.4 Å². The van der Waals surface area contributed by atoms with Crippen molar-refractivity contribution in [2.45, 2.75) is 20.0 Å².